The zero-order valence-corrected chi connectivity index (χ0v) is 13.3. The summed E-state index contributed by atoms with van der Waals surface area (Å²) in [5, 5.41) is 0. The number of hydrogen-bond donors (Lipinski definition) is 0. The van der Waals surface area contributed by atoms with Gasteiger partial charge in [0.1, 0.15) is 0 Å². The predicted molar refractivity (Wildman–Crippen MR) is 83.5 cm³/mol. The highest BCUT2D eigenvalue weighted by molar-refractivity contribution is 7.91. The SMILES string of the molecule is O=C(c1ccccc1)N(C[C@H]1CCCO1)[C@H]1CCS(=O)(=O)C1. The van der Waals surface area contributed by atoms with E-state index in [1.807, 2.05) is 18.2 Å². The van der Waals surface area contributed by atoms with Crippen molar-refractivity contribution in [2.24, 2.45) is 0 Å². The summed E-state index contributed by atoms with van der Waals surface area (Å²) in [6.45, 7) is 1.20. The monoisotopic (exact) mass is 323 g/mol. The van der Waals surface area contributed by atoms with E-state index in [9.17, 15) is 13.2 Å². The highest BCUT2D eigenvalue weighted by Gasteiger charge is 2.36. The van der Waals surface area contributed by atoms with E-state index < -0.39 is 9.84 Å². The molecule has 22 heavy (non-hydrogen) atoms. The van der Waals surface area contributed by atoms with Gasteiger partial charge in [0.15, 0.2) is 9.84 Å². The molecule has 1 aromatic carbocycles. The maximum atomic E-state index is 12.8. The van der Waals surface area contributed by atoms with Crippen molar-refractivity contribution in [3.05, 3.63) is 35.9 Å². The number of benzene rings is 1. The Morgan fingerprint density at radius 3 is 2.59 bits per heavy atom. The van der Waals surface area contributed by atoms with Gasteiger partial charge in [0.25, 0.3) is 5.91 Å². The minimum absolute atomic E-state index is 0.0240. The summed E-state index contributed by atoms with van der Waals surface area (Å²) < 4.78 is 29.2. The fourth-order valence-electron chi connectivity index (χ4n) is 3.17. The highest BCUT2D eigenvalue weighted by atomic mass is 32.2. The number of nitrogens with zero attached hydrogens (tertiary/aromatic N) is 1. The molecule has 120 valence electrons. The van der Waals surface area contributed by atoms with Crippen LogP contribution in [0.25, 0.3) is 0 Å². The fraction of sp³-hybridized carbons (Fsp3) is 0.562. The van der Waals surface area contributed by atoms with Crippen LogP contribution < -0.4 is 0 Å². The van der Waals surface area contributed by atoms with Crippen molar-refractivity contribution in [3.63, 3.8) is 0 Å². The molecule has 2 aliphatic rings. The number of carbonyl (C=O) groups excluding carboxylic acids is 1. The number of carbonyl (C=O) groups is 1. The molecule has 1 aromatic rings. The molecule has 0 radical (unpaired) electrons. The van der Waals surface area contributed by atoms with E-state index in [-0.39, 0.29) is 29.6 Å². The summed E-state index contributed by atoms with van der Waals surface area (Å²) in [5.41, 5.74) is 0.602. The number of hydrogen-bond acceptors (Lipinski definition) is 4. The van der Waals surface area contributed by atoms with Crippen molar-refractivity contribution in [1.29, 1.82) is 0 Å². The van der Waals surface area contributed by atoms with E-state index >= 15 is 0 Å². The second kappa shape index (κ2) is 6.38. The van der Waals surface area contributed by atoms with Crippen molar-refractivity contribution in [1.82, 2.24) is 4.90 Å². The number of rotatable bonds is 4. The molecule has 5 nitrogen and oxygen atoms in total. The van der Waals surface area contributed by atoms with Crippen LogP contribution in [0.2, 0.25) is 0 Å². The Balaban J connectivity index is 1.80. The Bertz CT molecular complexity index is 623. The van der Waals surface area contributed by atoms with Crippen LogP contribution in [0.3, 0.4) is 0 Å². The average molecular weight is 323 g/mol. The van der Waals surface area contributed by atoms with Gasteiger partial charge in [-0.1, -0.05) is 18.2 Å². The van der Waals surface area contributed by atoms with Crippen molar-refractivity contribution >= 4 is 15.7 Å². The lowest BCUT2D eigenvalue weighted by atomic mass is 10.1. The lowest BCUT2D eigenvalue weighted by molar-refractivity contribution is 0.0441. The molecule has 6 heteroatoms. The molecule has 2 heterocycles. The molecule has 0 aliphatic carbocycles. The van der Waals surface area contributed by atoms with Gasteiger partial charge in [-0.25, -0.2) is 8.42 Å². The maximum Gasteiger partial charge on any atom is 0.254 e. The smallest absolute Gasteiger partial charge is 0.254 e. The second-order valence-corrected chi connectivity index (χ2v) is 8.24. The van der Waals surface area contributed by atoms with Crippen LogP contribution in [-0.2, 0) is 14.6 Å². The molecule has 0 saturated carbocycles. The number of sulfone groups is 1. The molecular formula is C16H21NO4S. The summed E-state index contributed by atoms with van der Waals surface area (Å²) in [5.74, 6) is 0.137. The van der Waals surface area contributed by atoms with E-state index in [0.717, 1.165) is 19.4 Å². The Morgan fingerprint density at radius 2 is 2.00 bits per heavy atom. The summed E-state index contributed by atoms with van der Waals surface area (Å²) in [6, 6.07) is 8.82. The zero-order chi connectivity index (χ0) is 15.6. The van der Waals surface area contributed by atoms with Crippen LogP contribution in [0.1, 0.15) is 29.6 Å². The van der Waals surface area contributed by atoms with Crippen molar-refractivity contribution in [3.8, 4) is 0 Å². The molecule has 0 bridgehead atoms. The molecule has 3 rings (SSSR count). The molecule has 2 saturated heterocycles. The first-order valence-electron chi connectivity index (χ1n) is 7.73. The molecule has 0 unspecified atom stereocenters. The van der Waals surface area contributed by atoms with Gasteiger partial charge in [-0.3, -0.25) is 4.79 Å². The highest BCUT2D eigenvalue weighted by Crippen LogP contribution is 2.23. The number of ether oxygens (including phenoxy) is 1. The fourth-order valence-corrected chi connectivity index (χ4v) is 4.90. The third-order valence-corrected chi connectivity index (χ3v) is 6.11. The first-order chi connectivity index (χ1) is 10.6. The molecule has 2 aliphatic heterocycles. The Hall–Kier alpha value is -1.40. The lowest BCUT2D eigenvalue weighted by Crippen LogP contribution is -2.45. The van der Waals surface area contributed by atoms with E-state index in [2.05, 4.69) is 0 Å². The quantitative estimate of drug-likeness (QED) is 0.842. The molecule has 0 spiro atoms. The van der Waals surface area contributed by atoms with Gasteiger partial charge >= 0.3 is 0 Å². The van der Waals surface area contributed by atoms with Crippen molar-refractivity contribution in [2.45, 2.75) is 31.4 Å². The molecule has 2 atom stereocenters. The summed E-state index contributed by atoms with van der Waals surface area (Å²) in [6.07, 6.45) is 2.48. The molecule has 0 N–H and O–H groups in total. The normalized spacial score (nSPS) is 26.9. The van der Waals surface area contributed by atoms with Crippen LogP contribution >= 0.6 is 0 Å². The minimum Gasteiger partial charge on any atom is -0.376 e. The topological polar surface area (TPSA) is 63.7 Å². The number of amides is 1. The third-order valence-electron chi connectivity index (χ3n) is 4.36. The van der Waals surface area contributed by atoms with Crippen LogP contribution in [-0.4, -0.2) is 56.0 Å². The first-order valence-corrected chi connectivity index (χ1v) is 9.55. The van der Waals surface area contributed by atoms with Crippen LogP contribution in [0.4, 0.5) is 0 Å². The standard InChI is InChI=1S/C16H21NO4S/c18-16(13-5-2-1-3-6-13)17(11-15-7-4-9-21-15)14-8-10-22(19,20)12-14/h1-3,5-6,14-15H,4,7-12H2/t14-,15+/m0/s1. The minimum atomic E-state index is -3.02. The summed E-state index contributed by atoms with van der Waals surface area (Å²) in [7, 11) is -3.02. The molecule has 2 fully saturated rings. The van der Waals surface area contributed by atoms with Gasteiger partial charge in [-0.05, 0) is 31.4 Å². The molecule has 1 amide bonds. The first kappa shape index (κ1) is 15.5. The Kier molecular flexibility index (Phi) is 4.49. The van der Waals surface area contributed by atoms with Crippen molar-refractivity contribution in [2.75, 3.05) is 24.7 Å². The van der Waals surface area contributed by atoms with Gasteiger partial charge in [0, 0.05) is 24.8 Å². The maximum absolute atomic E-state index is 12.8. The molecular weight excluding hydrogens is 302 g/mol. The lowest BCUT2D eigenvalue weighted by Gasteiger charge is -2.30. The third kappa shape index (κ3) is 3.50. The van der Waals surface area contributed by atoms with E-state index in [4.69, 9.17) is 4.74 Å². The van der Waals surface area contributed by atoms with Gasteiger partial charge < -0.3 is 9.64 Å². The van der Waals surface area contributed by atoms with Crippen molar-refractivity contribution < 1.29 is 17.9 Å². The van der Waals surface area contributed by atoms with Gasteiger partial charge in [0.2, 0.25) is 0 Å². The Morgan fingerprint density at radius 1 is 1.23 bits per heavy atom. The van der Waals surface area contributed by atoms with E-state index in [1.165, 1.54) is 0 Å². The van der Waals surface area contributed by atoms with Crippen LogP contribution in [0, 0.1) is 0 Å². The second-order valence-electron chi connectivity index (χ2n) is 6.02. The van der Waals surface area contributed by atoms with E-state index in [1.54, 1.807) is 17.0 Å². The average Bonchev–Trinajstić information content (AvgIpc) is 3.14. The summed E-state index contributed by atoms with van der Waals surface area (Å²) >= 11 is 0. The predicted octanol–water partition coefficient (Wildman–Crippen LogP) is 1.49. The largest absolute Gasteiger partial charge is 0.376 e. The Labute approximate surface area is 131 Å². The van der Waals surface area contributed by atoms with Gasteiger partial charge in [-0.2, -0.15) is 0 Å². The van der Waals surface area contributed by atoms with Crippen LogP contribution in [0.5, 0.6) is 0 Å². The van der Waals surface area contributed by atoms with Gasteiger partial charge in [-0.15, -0.1) is 0 Å². The van der Waals surface area contributed by atoms with E-state index in [0.29, 0.717) is 18.5 Å². The zero-order valence-electron chi connectivity index (χ0n) is 12.5. The van der Waals surface area contributed by atoms with Crippen LogP contribution in [0.15, 0.2) is 30.3 Å². The molecule has 0 aromatic heterocycles. The summed E-state index contributed by atoms with van der Waals surface area (Å²) in [4.78, 5) is 14.5. The van der Waals surface area contributed by atoms with Gasteiger partial charge in [0.05, 0.1) is 17.6 Å².